The van der Waals surface area contributed by atoms with E-state index in [1.54, 1.807) is 25.3 Å². The van der Waals surface area contributed by atoms with Gasteiger partial charge in [0.25, 0.3) is 0 Å². The smallest absolute Gasteiger partial charge is 0.126 e. The minimum atomic E-state index is -0.169. The number of halogens is 1. The zero-order valence-corrected chi connectivity index (χ0v) is 9.15. The van der Waals surface area contributed by atoms with E-state index in [9.17, 15) is 4.39 Å². The molecule has 16 heavy (non-hydrogen) atoms. The number of hydrogen-bond donors (Lipinski definition) is 1. The molecule has 1 N–H and O–H groups in total. The second kappa shape index (κ2) is 4.79. The van der Waals surface area contributed by atoms with Crippen molar-refractivity contribution in [2.45, 2.75) is 13.5 Å². The standard InChI is InChI=1S/C12H14FN3/c1-10-9-11(3-4-12(10)13)14-6-8-16-7-2-5-15-16/h2-5,7,9,14H,6,8H2,1H3. The van der Waals surface area contributed by atoms with Gasteiger partial charge in [-0.05, 0) is 36.8 Å². The van der Waals surface area contributed by atoms with E-state index >= 15 is 0 Å². The van der Waals surface area contributed by atoms with Crippen LogP contribution in [0.15, 0.2) is 36.7 Å². The van der Waals surface area contributed by atoms with Gasteiger partial charge in [-0.25, -0.2) is 4.39 Å². The van der Waals surface area contributed by atoms with Crippen LogP contribution in [-0.4, -0.2) is 16.3 Å². The Labute approximate surface area is 93.9 Å². The Morgan fingerprint density at radius 3 is 3.00 bits per heavy atom. The van der Waals surface area contributed by atoms with Crippen LogP contribution in [0.25, 0.3) is 0 Å². The normalized spacial score (nSPS) is 10.4. The summed E-state index contributed by atoms with van der Waals surface area (Å²) in [6, 6.07) is 6.91. The second-order valence-corrected chi connectivity index (χ2v) is 3.66. The fourth-order valence-electron chi connectivity index (χ4n) is 1.50. The summed E-state index contributed by atoms with van der Waals surface area (Å²) >= 11 is 0. The topological polar surface area (TPSA) is 29.9 Å². The number of nitrogens with zero attached hydrogens (tertiary/aromatic N) is 2. The molecule has 1 aromatic heterocycles. The Hall–Kier alpha value is -1.84. The lowest BCUT2D eigenvalue weighted by Gasteiger charge is -2.07. The first kappa shape index (κ1) is 10.7. The van der Waals surface area contributed by atoms with Crippen LogP contribution in [0.2, 0.25) is 0 Å². The van der Waals surface area contributed by atoms with Gasteiger partial charge in [-0.1, -0.05) is 0 Å². The molecule has 0 atom stereocenters. The van der Waals surface area contributed by atoms with Crippen LogP contribution in [0, 0.1) is 12.7 Å². The van der Waals surface area contributed by atoms with Crippen molar-refractivity contribution in [2.24, 2.45) is 0 Å². The van der Waals surface area contributed by atoms with Gasteiger partial charge < -0.3 is 5.32 Å². The van der Waals surface area contributed by atoms with Crippen molar-refractivity contribution in [3.8, 4) is 0 Å². The average Bonchev–Trinajstić information content (AvgIpc) is 2.76. The summed E-state index contributed by atoms with van der Waals surface area (Å²) in [6.07, 6.45) is 3.67. The van der Waals surface area contributed by atoms with E-state index in [-0.39, 0.29) is 5.82 Å². The molecule has 0 aliphatic rings. The van der Waals surface area contributed by atoms with Crippen molar-refractivity contribution in [1.29, 1.82) is 0 Å². The summed E-state index contributed by atoms with van der Waals surface area (Å²) < 4.78 is 14.9. The lowest BCUT2D eigenvalue weighted by Crippen LogP contribution is -2.10. The highest BCUT2D eigenvalue weighted by molar-refractivity contribution is 5.45. The van der Waals surface area contributed by atoms with Crippen molar-refractivity contribution in [3.63, 3.8) is 0 Å². The molecule has 2 rings (SSSR count). The number of rotatable bonds is 4. The molecule has 0 unspecified atom stereocenters. The molecular weight excluding hydrogens is 205 g/mol. The van der Waals surface area contributed by atoms with Gasteiger partial charge in [0, 0.05) is 24.6 Å². The zero-order valence-electron chi connectivity index (χ0n) is 9.15. The van der Waals surface area contributed by atoms with Gasteiger partial charge in [0.2, 0.25) is 0 Å². The quantitative estimate of drug-likeness (QED) is 0.856. The fourth-order valence-corrected chi connectivity index (χ4v) is 1.50. The molecule has 0 saturated carbocycles. The van der Waals surface area contributed by atoms with Crippen LogP contribution in [0.5, 0.6) is 0 Å². The third-order valence-electron chi connectivity index (χ3n) is 2.39. The van der Waals surface area contributed by atoms with E-state index < -0.39 is 0 Å². The van der Waals surface area contributed by atoms with Crippen molar-refractivity contribution in [1.82, 2.24) is 9.78 Å². The number of aryl methyl sites for hydroxylation is 1. The predicted molar refractivity (Wildman–Crippen MR) is 61.9 cm³/mol. The van der Waals surface area contributed by atoms with Gasteiger partial charge in [-0.2, -0.15) is 5.10 Å². The van der Waals surface area contributed by atoms with Crippen LogP contribution in [0.1, 0.15) is 5.56 Å². The van der Waals surface area contributed by atoms with E-state index in [2.05, 4.69) is 10.4 Å². The molecule has 0 spiro atoms. The van der Waals surface area contributed by atoms with Crippen LogP contribution in [-0.2, 0) is 6.54 Å². The van der Waals surface area contributed by atoms with E-state index in [0.717, 1.165) is 18.8 Å². The van der Waals surface area contributed by atoms with E-state index in [4.69, 9.17) is 0 Å². The summed E-state index contributed by atoms with van der Waals surface area (Å²) in [5.41, 5.74) is 1.59. The highest BCUT2D eigenvalue weighted by atomic mass is 19.1. The molecule has 1 aromatic carbocycles. The largest absolute Gasteiger partial charge is 0.383 e. The Bertz CT molecular complexity index is 451. The summed E-state index contributed by atoms with van der Waals surface area (Å²) in [7, 11) is 0. The molecule has 0 radical (unpaired) electrons. The Morgan fingerprint density at radius 2 is 2.31 bits per heavy atom. The molecule has 0 aliphatic heterocycles. The lowest BCUT2D eigenvalue weighted by molar-refractivity contribution is 0.618. The SMILES string of the molecule is Cc1cc(NCCn2cccn2)ccc1F. The van der Waals surface area contributed by atoms with Gasteiger partial charge in [0.15, 0.2) is 0 Å². The average molecular weight is 219 g/mol. The number of aromatic nitrogens is 2. The monoisotopic (exact) mass is 219 g/mol. The molecule has 84 valence electrons. The molecule has 0 bridgehead atoms. The summed E-state index contributed by atoms with van der Waals surface area (Å²) in [5, 5.41) is 7.32. The molecule has 1 heterocycles. The van der Waals surface area contributed by atoms with Gasteiger partial charge in [-0.15, -0.1) is 0 Å². The van der Waals surface area contributed by atoms with E-state index in [1.807, 2.05) is 16.9 Å². The van der Waals surface area contributed by atoms with E-state index in [1.165, 1.54) is 6.07 Å². The van der Waals surface area contributed by atoms with Crippen molar-refractivity contribution < 1.29 is 4.39 Å². The van der Waals surface area contributed by atoms with Crippen molar-refractivity contribution in [3.05, 3.63) is 48.0 Å². The van der Waals surface area contributed by atoms with Gasteiger partial charge in [0.1, 0.15) is 5.82 Å². The third-order valence-corrected chi connectivity index (χ3v) is 2.39. The molecule has 2 aromatic rings. The Balaban J connectivity index is 1.87. The Morgan fingerprint density at radius 1 is 1.44 bits per heavy atom. The van der Waals surface area contributed by atoms with Crippen LogP contribution < -0.4 is 5.32 Å². The molecule has 0 saturated heterocycles. The Kier molecular flexibility index (Phi) is 3.19. The molecule has 0 aliphatic carbocycles. The van der Waals surface area contributed by atoms with Crippen LogP contribution in [0.3, 0.4) is 0 Å². The molecule has 0 amide bonds. The zero-order chi connectivity index (χ0) is 11.4. The summed E-state index contributed by atoms with van der Waals surface area (Å²) in [5.74, 6) is -0.169. The maximum absolute atomic E-state index is 13.0. The van der Waals surface area contributed by atoms with Crippen molar-refractivity contribution in [2.75, 3.05) is 11.9 Å². The molecule has 3 nitrogen and oxygen atoms in total. The number of hydrogen-bond acceptors (Lipinski definition) is 2. The maximum atomic E-state index is 13.0. The minimum absolute atomic E-state index is 0.169. The second-order valence-electron chi connectivity index (χ2n) is 3.66. The van der Waals surface area contributed by atoms with Gasteiger partial charge >= 0.3 is 0 Å². The van der Waals surface area contributed by atoms with Crippen LogP contribution in [0.4, 0.5) is 10.1 Å². The highest BCUT2D eigenvalue weighted by Crippen LogP contribution is 2.13. The molecule has 0 fully saturated rings. The summed E-state index contributed by atoms with van der Waals surface area (Å²) in [6.45, 7) is 3.32. The first-order valence-corrected chi connectivity index (χ1v) is 5.23. The molecule has 4 heteroatoms. The summed E-state index contributed by atoms with van der Waals surface area (Å²) in [4.78, 5) is 0. The molecular formula is C12H14FN3. The number of nitrogens with one attached hydrogen (secondary N) is 1. The first-order valence-electron chi connectivity index (χ1n) is 5.23. The lowest BCUT2D eigenvalue weighted by atomic mass is 10.2. The van der Waals surface area contributed by atoms with E-state index in [0.29, 0.717) is 5.56 Å². The maximum Gasteiger partial charge on any atom is 0.126 e. The highest BCUT2D eigenvalue weighted by Gasteiger charge is 1.98. The van der Waals surface area contributed by atoms with Crippen LogP contribution >= 0.6 is 0 Å². The number of benzene rings is 1. The minimum Gasteiger partial charge on any atom is -0.383 e. The van der Waals surface area contributed by atoms with Crippen molar-refractivity contribution >= 4 is 5.69 Å². The van der Waals surface area contributed by atoms with Gasteiger partial charge in [0.05, 0.1) is 6.54 Å². The van der Waals surface area contributed by atoms with Gasteiger partial charge in [-0.3, -0.25) is 4.68 Å². The number of anilines is 1. The predicted octanol–water partition coefficient (Wildman–Crippen LogP) is 2.44. The fraction of sp³-hybridized carbons (Fsp3) is 0.250. The first-order chi connectivity index (χ1) is 7.75. The third kappa shape index (κ3) is 2.59.